The first-order valence-corrected chi connectivity index (χ1v) is 7.81. The summed E-state index contributed by atoms with van der Waals surface area (Å²) in [4.78, 5) is 14.6. The van der Waals surface area contributed by atoms with Crippen LogP contribution in [0.1, 0.15) is 58.3 Å². The first-order valence-electron chi connectivity index (χ1n) is 7.81. The molecule has 1 atom stereocenters. The largest absolute Gasteiger partial charge is 0.338 e. The maximum absolute atomic E-state index is 12.5. The Labute approximate surface area is 111 Å². The number of rotatable bonds is 5. The Kier molecular flexibility index (Phi) is 5.48. The molecule has 0 aromatic rings. The third kappa shape index (κ3) is 3.71. The molecule has 2 fully saturated rings. The van der Waals surface area contributed by atoms with E-state index >= 15 is 0 Å². The molecule has 1 saturated heterocycles. The monoisotopic (exact) mass is 252 g/mol. The summed E-state index contributed by atoms with van der Waals surface area (Å²) in [6.07, 6.45) is 9.59. The minimum atomic E-state index is 0.414. The van der Waals surface area contributed by atoms with E-state index in [1.165, 1.54) is 32.1 Å². The van der Waals surface area contributed by atoms with Gasteiger partial charge in [-0.15, -0.1) is 0 Å². The van der Waals surface area contributed by atoms with Crippen molar-refractivity contribution in [2.24, 2.45) is 5.92 Å². The minimum absolute atomic E-state index is 0.414. The Balaban J connectivity index is 1.85. The van der Waals surface area contributed by atoms with E-state index in [1.807, 2.05) is 0 Å². The van der Waals surface area contributed by atoms with Crippen LogP contribution >= 0.6 is 0 Å². The molecule has 3 heteroatoms. The van der Waals surface area contributed by atoms with Gasteiger partial charge in [0.2, 0.25) is 5.91 Å². The molecule has 1 unspecified atom stereocenters. The van der Waals surface area contributed by atoms with Crippen molar-refractivity contribution in [1.82, 2.24) is 10.2 Å². The number of nitrogens with one attached hydrogen (secondary N) is 1. The third-order valence-corrected chi connectivity index (χ3v) is 4.45. The molecule has 0 radical (unpaired) electrons. The summed E-state index contributed by atoms with van der Waals surface area (Å²) in [5, 5.41) is 3.38. The molecule has 0 aromatic carbocycles. The van der Waals surface area contributed by atoms with Crippen molar-refractivity contribution in [3.05, 3.63) is 0 Å². The molecule has 1 heterocycles. The van der Waals surface area contributed by atoms with E-state index in [0.717, 1.165) is 38.9 Å². The number of nitrogens with zero attached hydrogens (tertiary/aromatic N) is 1. The van der Waals surface area contributed by atoms with Gasteiger partial charge in [-0.05, 0) is 38.1 Å². The van der Waals surface area contributed by atoms with Crippen molar-refractivity contribution in [2.45, 2.75) is 64.3 Å². The van der Waals surface area contributed by atoms with Crippen molar-refractivity contribution in [3.63, 3.8) is 0 Å². The zero-order valence-electron chi connectivity index (χ0n) is 11.8. The van der Waals surface area contributed by atoms with Crippen molar-refractivity contribution >= 4 is 5.91 Å². The molecule has 3 nitrogen and oxygen atoms in total. The second-order valence-corrected chi connectivity index (χ2v) is 5.94. The molecule has 1 aliphatic carbocycles. The summed E-state index contributed by atoms with van der Waals surface area (Å²) in [7, 11) is 0. The Bertz CT molecular complexity index is 255. The third-order valence-electron chi connectivity index (χ3n) is 4.45. The quantitative estimate of drug-likeness (QED) is 0.815. The van der Waals surface area contributed by atoms with Gasteiger partial charge in [-0.1, -0.05) is 26.2 Å². The van der Waals surface area contributed by atoms with E-state index in [9.17, 15) is 4.79 Å². The van der Waals surface area contributed by atoms with Crippen molar-refractivity contribution in [2.75, 3.05) is 19.6 Å². The summed E-state index contributed by atoms with van der Waals surface area (Å²) >= 11 is 0. The van der Waals surface area contributed by atoms with Crippen LogP contribution in [0.5, 0.6) is 0 Å². The van der Waals surface area contributed by atoms with Gasteiger partial charge < -0.3 is 10.2 Å². The lowest BCUT2D eigenvalue weighted by atomic mass is 9.86. The smallest absolute Gasteiger partial charge is 0.223 e. The van der Waals surface area contributed by atoms with E-state index in [-0.39, 0.29) is 0 Å². The Morgan fingerprint density at radius 2 is 2.00 bits per heavy atom. The molecule has 1 N–H and O–H groups in total. The zero-order valence-corrected chi connectivity index (χ0v) is 11.8. The standard InChI is InChI=1S/C15H28N2O/c1-2-10-17(14-8-9-16-12-14)15(18)11-13-6-4-3-5-7-13/h13-14,16H,2-12H2,1H3. The fourth-order valence-electron chi connectivity index (χ4n) is 3.41. The van der Waals surface area contributed by atoms with Crippen LogP contribution in [-0.2, 0) is 4.79 Å². The number of carbonyl (C=O) groups excluding carboxylic acids is 1. The maximum atomic E-state index is 12.5. The first-order chi connectivity index (χ1) is 8.81. The summed E-state index contributed by atoms with van der Waals surface area (Å²) in [6.45, 7) is 5.18. The second-order valence-electron chi connectivity index (χ2n) is 5.94. The van der Waals surface area contributed by atoms with Crippen molar-refractivity contribution in [1.29, 1.82) is 0 Å². The van der Waals surface area contributed by atoms with Crippen LogP contribution < -0.4 is 5.32 Å². The first kappa shape index (κ1) is 13.9. The number of hydrogen-bond donors (Lipinski definition) is 1. The lowest BCUT2D eigenvalue weighted by molar-refractivity contribution is -0.134. The van der Waals surface area contributed by atoms with Gasteiger partial charge in [0.25, 0.3) is 0 Å². The average molecular weight is 252 g/mol. The predicted octanol–water partition coefficient (Wildman–Crippen LogP) is 2.56. The van der Waals surface area contributed by atoms with Gasteiger partial charge in [0.15, 0.2) is 0 Å². The molecule has 1 amide bonds. The predicted molar refractivity (Wildman–Crippen MR) is 74.5 cm³/mol. The lowest BCUT2D eigenvalue weighted by Gasteiger charge is -2.31. The molecule has 104 valence electrons. The van der Waals surface area contributed by atoms with E-state index in [1.54, 1.807) is 0 Å². The second kappa shape index (κ2) is 7.13. The molecule has 1 aliphatic heterocycles. The maximum Gasteiger partial charge on any atom is 0.223 e. The molecule has 18 heavy (non-hydrogen) atoms. The van der Waals surface area contributed by atoms with Crippen LogP contribution in [-0.4, -0.2) is 36.5 Å². The van der Waals surface area contributed by atoms with Gasteiger partial charge in [0.05, 0.1) is 0 Å². The number of hydrogen-bond acceptors (Lipinski definition) is 2. The molecular weight excluding hydrogens is 224 g/mol. The topological polar surface area (TPSA) is 32.3 Å². The minimum Gasteiger partial charge on any atom is -0.338 e. The Morgan fingerprint density at radius 3 is 2.61 bits per heavy atom. The van der Waals surface area contributed by atoms with Crippen LogP contribution in [0, 0.1) is 5.92 Å². The number of carbonyl (C=O) groups is 1. The van der Waals surface area contributed by atoms with Crippen molar-refractivity contribution < 1.29 is 4.79 Å². The summed E-state index contributed by atoms with van der Waals surface area (Å²) < 4.78 is 0. The highest BCUT2D eigenvalue weighted by molar-refractivity contribution is 5.76. The van der Waals surface area contributed by atoms with E-state index in [4.69, 9.17) is 0 Å². The van der Waals surface area contributed by atoms with E-state index in [0.29, 0.717) is 17.9 Å². The highest BCUT2D eigenvalue weighted by Crippen LogP contribution is 2.27. The fourth-order valence-corrected chi connectivity index (χ4v) is 3.41. The fraction of sp³-hybridized carbons (Fsp3) is 0.933. The van der Waals surface area contributed by atoms with E-state index in [2.05, 4.69) is 17.1 Å². The van der Waals surface area contributed by atoms with Crippen LogP contribution in [0.3, 0.4) is 0 Å². The van der Waals surface area contributed by atoms with Gasteiger partial charge >= 0.3 is 0 Å². The van der Waals surface area contributed by atoms with Gasteiger partial charge in [-0.2, -0.15) is 0 Å². The molecule has 0 aromatic heterocycles. The average Bonchev–Trinajstić information content (AvgIpc) is 2.90. The highest BCUT2D eigenvalue weighted by atomic mass is 16.2. The van der Waals surface area contributed by atoms with Gasteiger partial charge in [-0.25, -0.2) is 0 Å². The van der Waals surface area contributed by atoms with Gasteiger partial charge in [0, 0.05) is 25.6 Å². The summed E-state index contributed by atoms with van der Waals surface area (Å²) in [5.41, 5.74) is 0. The van der Waals surface area contributed by atoms with Crippen LogP contribution in [0.25, 0.3) is 0 Å². The number of amides is 1. The Hall–Kier alpha value is -0.570. The van der Waals surface area contributed by atoms with Crippen LogP contribution in [0.4, 0.5) is 0 Å². The van der Waals surface area contributed by atoms with Gasteiger partial charge in [-0.3, -0.25) is 4.79 Å². The highest BCUT2D eigenvalue weighted by Gasteiger charge is 2.27. The lowest BCUT2D eigenvalue weighted by Crippen LogP contribution is -2.42. The van der Waals surface area contributed by atoms with Crippen LogP contribution in [0.2, 0.25) is 0 Å². The summed E-state index contributed by atoms with van der Waals surface area (Å²) in [5.74, 6) is 1.08. The molecule has 0 bridgehead atoms. The summed E-state index contributed by atoms with van der Waals surface area (Å²) in [6, 6.07) is 0.459. The molecule has 2 rings (SSSR count). The zero-order chi connectivity index (χ0) is 12.8. The van der Waals surface area contributed by atoms with E-state index < -0.39 is 0 Å². The van der Waals surface area contributed by atoms with Crippen LogP contribution in [0.15, 0.2) is 0 Å². The molecule has 0 spiro atoms. The Morgan fingerprint density at radius 1 is 1.22 bits per heavy atom. The molecular formula is C15H28N2O. The SMILES string of the molecule is CCCN(C(=O)CC1CCCCC1)C1CCNC1. The normalized spacial score (nSPS) is 25.3. The van der Waals surface area contributed by atoms with Gasteiger partial charge in [0.1, 0.15) is 0 Å². The van der Waals surface area contributed by atoms with Crippen molar-refractivity contribution in [3.8, 4) is 0 Å². The molecule has 2 aliphatic rings. The molecule has 1 saturated carbocycles.